The SMILES string of the molecule is CCCC=CCC(C)NCCOCCOCCOCCOCCC(=O)O. The van der Waals surface area contributed by atoms with Gasteiger partial charge in [0, 0.05) is 12.6 Å². The van der Waals surface area contributed by atoms with Crippen molar-refractivity contribution in [2.45, 2.75) is 45.6 Å². The monoisotopic (exact) mass is 375 g/mol. The number of unbranched alkanes of at least 4 members (excludes halogenated alkanes) is 1. The number of allylic oxidation sites excluding steroid dienone is 1. The van der Waals surface area contributed by atoms with Crippen molar-refractivity contribution in [2.75, 3.05) is 59.4 Å². The summed E-state index contributed by atoms with van der Waals surface area (Å²) < 4.78 is 21.3. The summed E-state index contributed by atoms with van der Waals surface area (Å²) in [5.41, 5.74) is 0. The Labute approximate surface area is 158 Å². The Hall–Kier alpha value is -0.990. The highest BCUT2D eigenvalue weighted by Gasteiger charge is 1.98. The molecule has 0 heterocycles. The molecular formula is C19H37NO6. The van der Waals surface area contributed by atoms with Crippen molar-refractivity contribution >= 4 is 5.97 Å². The van der Waals surface area contributed by atoms with E-state index >= 15 is 0 Å². The van der Waals surface area contributed by atoms with Gasteiger partial charge in [-0.3, -0.25) is 4.79 Å². The number of carboxylic acid groups (broad SMARTS) is 1. The minimum absolute atomic E-state index is 0.0214. The topological polar surface area (TPSA) is 86.3 Å². The number of hydrogen-bond donors (Lipinski definition) is 2. The van der Waals surface area contributed by atoms with Crippen LogP contribution in [0.1, 0.15) is 39.5 Å². The zero-order valence-corrected chi connectivity index (χ0v) is 16.4. The van der Waals surface area contributed by atoms with E-state index in [1.54, 1.807) is 0 Å². The van der Waals surface area contributed by atoms with Gasteiger partial charge < -0.3 is 29.4 Å². The molecule has 0 saturated carbocycles. The van der Waals surface area contributed by atoms with Crippen molar-refractivity contribution in [2.24, 2.45) is 0 Å². The summed E-state index contributed by atoms with van der Waals surface area (Å²) in [5, 5.41) is 11.9. The summed E-state index contributed by atoms with van der Waals surface area (Å²) >= 11 is 0. The smallest absolute Gasteiger partial charge is 0.305 e. The molecule has 0 aliphatic carbocycles. The first-order chi connectivity index (χ1) is 12.7. The van der Waals surface area contributed by atoms with E-state index in [-0.39, 0.29) is 13.0 Å². The number of ether oxygens (including phenoxy) is 4. The molecule has 0 radical (unpaired) electrons. The van der Waals surface area contributed by atoms with Gasteiger partial charge >= 0.3 is 5.97 Å². The van der Waals surface area contributed by atoms with Gasteiger partial charge in [-0.15, -0.1) is 0 Å². The molecule has 0 rings (SSSR count). The Morgan fingerprint density at radius 1 is 0.923 bits per heavy atom. The first-order valence-corrected chi connectivity index (χ1v) is 9.58. The highest BCUT2D eigenvalue weighted by atomic mass is 16.6. The third-order valence-electron chi connectivity index (χ3n) is 3.43. The lowest BCUT2D eigenvalue weighted by atomic mass is 10.2. The maximum atomic E-state index is 10.3. The largest absolute Gasteiger partial charge is 0.481 e. The molecule has 0 bridgehead atoms. The van der Waals surface area contributed by atoms with E-state index in [0.29, 0.717) is 52.3 Å². The van der Waals surface area contributed by atoms with Crippen molar-refractivity contribution in [3.8, 4) is 0 Å². The molecule has 26 heavy (non-hydrogen) atoms. The van der Waals surface area contributed by atoms with Gasteiger partial charge in [-0.2, -0.15) is 0 Å². The predicted molar refractivity (Wildman–Crippen MR) is 102 cm³/mol. The summed E-state index contributed by atoms with van der Waals surface area (Å²) in [6, 6.07) is 0.466. The molecule has 1 atom stereocenters. The predicted octanol–water partition coefficient (Wildman–Crippen LogP) is 2.25. The number of hydrogen-bond acceptors (Lipinski definition) is 6. The van der Waals surface area contributed by atoms with Gasteiger partial charge in [0.2, 0.25) is 0 Å². The molecule has 0 fully saturated rings. The van der Waals surface area contributed by atoms with E-state index in [1.165, 1.54) is 6.42 Å². The Balaban J connectivity index is 3.14. The van der Waals surface area contributed by atoms with Crippen molar-refractivity contribution < 1.29 is 28.8 Å². The molecule has 2 N–H and O–H groups in total. The Morgan fingerprint density at radius 2 is 1.46 bits per heavy atom. The third kappa shape index (κ3) is 21.1. The van der Waals surface area contributed by atoms with Crippen LogP contribution in [-0.4, -0.2) is 76.5 Å². The fourth-order valence-electron chi connectivity index (χ4n) is 1.97. The van der Waals surface area contributed by atoms with Crippen LogP contribution in [0.3, 0.4) is 0 Å². The van der Waals surface area contributed by atoms with E-state index in [1.807, 2.05) is 0 Å². The summed E-state index contributed by atoms with van der Waals surface area (Å²) in [4.78, 5) is 10.3. The van der Waals surface area contributed by atoms with Crippen LogP contribution in [-0.2, 0) is 23.7 Å². The molecule has 7 nitrogen and oxygen atoms in total. The van der Waals surface area contributed by atoms with Gasteiger partial charge in [0.1, 0.15) is 0 Å². The summed E-state index contributed by atoms with van der Waals surface area (Å²) in [5.74, 6) is -0.855. The molecule has 0 aliphatic rings. The molecule has 154 valence electrons. The molecule has 0 aliphatic heterocycles. The Bertz CT molecular complexity index is 338. The first kappa shape index (κ1) is 25.0. The molecule has 0 spiro atoms. The van der Waals surface area contributed by atoms with Crippen molar-refractivity contribution in [3.63, 3.8) is 0 Å². The molecule has 0 amide bonds. The van der Waals surface area contributed by atoms with Crippen LogP contribution in [0.5, 0.6) is 0 Å². The van der Waals surface area contributed by atoms with Crippen LogP contribution in [0.15, 0.2) is 12.2 Å². The van der Waals surface area contributed by atoms with E-state index in [9.17, 15) is 4.79 Å². The number of rotatable bonds is 20. The third-order valence-corrected chi connectivity index (χ3v) is 3.43. The maximum absolute atomic E-state index is 10.3. The highest BCUT2D eigenvalue weighted by molar-refractivity contribution is 5.66. The second kappa shape index (κ2) is 20.3. The summed E-state index contributed by atoms with van der Waals surface area (Å²) in [7, 11) is 0. The molecule has 7 heteroatoms. The molecule has 0 saturated heterocycles. The van der Waals surface area contributed by atoms with Crippen molar-refractivity contribution in [1.29, 1.82) is 0 Å². The van der Waals surface area contributed by atoms with Crippen LogP contribution in [0.2, 0.25) is 0 Å². The molecule has 0 aromatic heterocycles. The van der Waals surface area contributed by atoms with Crippen LogP contribution in [0, 0.1) is 0 Å². The lowest BCUT2D eigenvalue weighted by molar-refractivity contribution is -0.138. The minimum Gasteiger partial charge on any atom is -0.481 e. The molecule has 1 unspecified atom stereocenters. The van der Waals surface area contributed by atoms with Crippen molar-refractivity contribution in [3.05, 3.63) is 12.2 Å². The minimum atomic E-state index is -0.855. The van der Waals surface area contributed by atoms with Gasteiger partial charge in [-0.25, -0.2) is 0 Å². The van der Waals surface area contributed by atoms with E-state index in [4.69, 9.17) is 24.1 Å². The van der Waals surface area contributed by atoms with Gasteiger partial charge in [0.05, 0.1) is 59.3 Å². The Morgan fingerprint density at radius 3 is 2.00 bits per heavy atom. The fraction of sp³-hybridized carbons (Fsp3) is 0.842. The number of aliphatic carboxylic acids is 1. The van der Waals surface area contributed by atoms with Gasteiger partial charge in [-0.05, 0) is 19.8 Å². The van der Waals surface area contributed by atoms with Gasteiger partial charge in [0.15, 0.2) is 0 Å². The van der Waals surface area contributed by atoms with Gasteiger partial charge in [-0.1, -0.05) is 25.5 Å². The average molecular weight is 376 g/mol. The standard InChI is InChI=1S/C19H37NO6/c1-3-4-5-6-7-18(2)20-9-11-24-13-15-26-17-16-25-14-12-23-10-8-19(21)22/h5-6,18,20H,3-4,7-17H2,1-2H3,(H,21,22). The van der Waals surface area contributed by atoms with Gasteiger partial charge in [0.25, 0.3) is 0 Å². The zero-order chi connectivity index (χ0) is 19.3. The van der Waals surface area contributed by atoms with Crippen LogP contribution >= 0.6 is 0 Å². The summed E-state index contributed by atoms with van der Waals surface area (Å²) in [6.07, 6.45) is 7.90. The van der Waals surface area contributed by atoms with Crippen molar-refractivity contribution in [1.82, 2.24) is 5.32 Å². The molecule has 0 aromatic carbocycles. The molecule has 0 aromatic rings. The second-order valence-corrected chi connectivity index (χ2v) is 5.94. The first-order valence-electron chi connectivity index (χ1n) is 9.58. The normalized spacial score (nSPS) is 12.7. The quantitative estimate of drug-likeness (QED) is 0.249. The van der Waals surface area contributed by atoms with E-state index in [0.717, 1.165) is 19.4 Å². The highest BCUT2D eigenvalue weighted by Crippen LogP contribution is 1.95. The lowest BCUT2D eigenvalue weighted by Crippen LogP contribution is -2.29. The zero-order valence-electron chi connectivity index (χ0n) is 16.4. The lowest BCUT2D eigenvalue weighted by Gasteiger charge is -2.12. The fourth-order valence-corrected chi connectivity index (χ4v) is 1.97. The average Bonchev–Trinajstić information content (AvgIpc) is 2.61. The number of carboxylic acids is 1. The second-order valence-electron chi connectivity index (χ2n) is 5.94. The maximum Gasteiger partial charge on any atom is 0.305 e. The number of carbonyl (C=O) groups is 1. The number of nitrogens with one attached hydrogen (secondary N) is 1. The summed E-state index contributed by atoms with van der Waals surface area (Å²) in [6.45, 7) is 9.07. The van der Waals surface area contributed by atoms with Crippen LogP contribution < -0.4 is 5.32 Å². The van der Waals surface area contributed by atoms with E-state index in [2.05, 4.69) is 31.3 Å². The van der Waals surface area contributed by atoms with Crippen LogP contribution in [0.25, 0.3) is 0 Å². The Kier molecular flexibility index (Phi) is 19.5. The van der Waals surface area contributed by atoms with Crippen LogP contribution in [0.4, 0.5) is 0 Å². The van der Waals surface area contributed by atoms with E-state index < -0.39 is 5.97 Å². The molecular weight excluding hydrogens is 338 g/mol.